The van der Waals surface area contributed by atoms with Gasteiger partial charge in [-0.15, -0.1) is 0 Å². The number of halogens is 1. The summed E-state index contributed by atoms with van der Waals surface area (Å²) in [6.07, 6.45) is 16.3. The molecule has 1 saturated heterocycles. The molecule has 47 heavy (non-hydrogen) atoms. The molecule has 1 fully saturated rings. The van der Waals surface area contributed by atoms with Gasteiger partial charge in [-0.3, -0.25) is 18.5 Å². The summed E-state index contributed by atoms with van der Waals surface area (Å²) in [6.45, 7) is 1.46. The number of nitrogens with zero attached hydrogens (tertiary/aromatic N) is 4. The summed E-state index contributed by atoms with van der Waals surface area (Å²) >= 11 is 6.12. The number of unbranched alkanes of at least 4 members (excludes halogenated alkanes) is 8. The van der Waals surface area contributed by atoms with Crippen molar-refractivity contribution in [3.05, 3.63) is 35.9 Å². The highest BCUT2D eigenvalue weighted by Crippen LogP contribution is 2.55. The number of carbonyl (C=O) groups excluding carboxylic acids is 1. The van der Waals surface area contributed by atoms with Crippen LogP contribution in [0.15, 0.2) is 30.6 Å². The van der Waals surface area contributed by atoms with Crippen LogP contribution in [0.5, 0.6) is 0 Å². The third-order valence-corrected chi connectivity index (χ3v) is 11.0. The van der Waals surface area contributed by atoms with Crippen molar-refractivity contribution < 1.29 is 48.1 Å². The van der Waals surface area contributed by atoms with Crippen molar-refractivity contribution in [3.8, 4) is 0 Å². The van der Waals surface area contributed by atoms with E-state index in [0.29, 0.717) is 6.42 Å². The Balaban J connectivity index is 1.45. The number of rotatable bonds is 21. The van der Waals surface area contributed by atoms with E-state index in [1.165, 1.54) is 30.2 Å². The van der Waals surface area contributed by atoms with E-state index in [-0.39, 0.29) is 34.6 Å². The number of aliphatic hydroxyl groups excluding tert-OH is 2. The second-order valence-corrected chi connectivity index (χ2v) is 15.8. The average molecular weight is 722 g/mol. The third-order valence-electron chi connectivity index (χ3n) is 7.42. The number of hydrogen-bond donors (Lipinski definition) is 6. The normalized spacial score (nSPS) is 21.7. The molecule has 1 aliphatic heterocycles. The summed E-state index contributed by atoms with van der Waals surface area (Å²) in [5, 5.41) is 23.6. The number of carbonyl (C=O) groups is 1. The van der Waals surface area contributed by atoms with Crippen LogP contribution in [0.1, 0.15) is 90.2 Å². The second-order valence-electron chi connectivity index (χ2n) is 11.5. The molecule has 264 valence electrons. The van der Waals surface area contributed by atoms with Crippen LogP contribution in [0.4, 0.5) is 5.82 Å². The maximum atomic E-state index is 12.7. The number of ether oxygens (including phenoxy) is 1. The highest BCUT2D eigenvalue weighted by atomic mass is 35.5. The number of fused-ring (bicyclic) bond motifs is 1. The van der Waals surface area contributed by atoms with Crippen molar-refractivity contribution in [2.75, 3.05) is 17.8 Å². The molecule has 3 rings (SSSR count). The third kappa shape index (κ3) is 13.4. The maximum Gasteiger partial charge on any atom is 0.340 e. The Morgan fingerprint density at radius 2 is 1.66 bits per heavy atom. The van der Waals surface area contributed by atoms with Crippen LogP contribution < -0.4 is 5.32 Å². The monoisotopic (exact) mass is 721 g/mol. The van der Waals surface area contributed by atoms with Gasteiger partial charge < -0.3 is 39.5 Å². The Morgan fingerprint density at radius 1 is 1.00 bits per heavy atom. The van der Waals surface area contributed by atoms with Gasteiger partial charge in [0.15, 0.2) is 29.1 Å². The smallest absolute Gasteiger partial charge is 0.340 e. The van der Waals surface area contributed by atoms with Gasteiger partial charge >= 0.3 is 15.2 Å². The van der Waals surface area contributed by atoms with Gasteiger partial charge in [0.25, 0.3) is 0 Å². The predicted octanol–water partition coefficient (Wildman–Crippen LogP) is 5.19. The molecule has 1 amide bonds. The molecule has 0 aliphatic carbocycles. The number of anilines is 1. The van der Waals surface area contributed by atoms with Gasteiger partial charge in [0.05, 0.1) is 12.9 Å². The van der Waals surface area contributed by atoms with Crippen LogP contribution >= 0.6 is 26.8 Å². The second kappa shape index (κ2) is 19.2. The molecule has 18 heteroatoms. The minimum atomic E-state index is -4.86. The zero-order valence-corrected chi connectivity index (χ0v) is 29.0. The maximum absolute atomic E-state index is 12.7. The molecule has 0 saturated carbocycles. The van der Waals surface area contributed by atoms with Crippen LogP contribution in [0.3, 0.4) is 0 Å². The fourth-order valence-electron chi connectivity index (χ4n) is 5.02. The molecule has 0 radical (unpaired) electrons. The van der Waals surface area contributed by atoms with E-state index >= 15 is 0 Å². The lowest BCUT2D eigenvalue weighted by molar-refractivity contribution is -0.116. The summed E-state index contributed by atoms with van der Waals surface area (Å²) in [5.41, 5.74) is 0.221. The van der Waals surface area contributed by atoms with Crippen LogP contribution in [0, 0.1) is 0 Å². The summed E-state index contributed by atoms with van der Waals surface area (Å²) in [6, 6.07) is 0. The summed E-state index contributed by atoms with van der Waals surface area (Å²) in [5.74, 6) is -1.65. The molecule has 0 aromatic carbocycles. The van der Waals surface area contributed by atoms with E-state index in [0.717, 1.165) is 44.9 Å². The van der Waals surface area contributed by atoms with Gasteiger partial charge in [0.2, 0.25) is 11.2 Å². The molecule has 0 bridgehead atoms. The SMILES string of the molecule is CCCCC/C=C\C/C=C\CCCCCCCC(=O)Nc1nc(Cl)nc2c1ncn2[C@@H]1O[C@H](COP(=O)(O)CP(=O)(O)O)[C@H](O)C1O. The van der Waals surface area contributed by atoms with Crippen molar-refractivity contribution in [3.63, 3.8) is 0 Å². The zero-order chi connectivity index (χ0) is 34.5. The molecule has 15 nitrogen and oxygen atoms in total. The molecule has 2 aromatic rings. The van der Waals surface area contributed by atoms with E-state index in [4.69, 9.17) is 30.6 Å². The van der Waals surface area contributed by atoms with E-state index in [9.17, 15) is 29.0 Å². The first-order valence-electron chi connectivity index (χ1n) is 15.8. The molecule has 3 heterocycles. The van der Waals surface area contributed by atoms with Crippen molar-refractivity contribution >= 4 is 49.7 Å². The molecular formula is C29H46ClN5O10P2. The molecule has 5 atom stereocenters. The minimum Gasteiger partial charge on any atom is -0.387 e. The quantitative estimate of drug-likeness (QED) is 0.0423. The molecule has 6 N–H and O–H groups in total. The van der Waals surface area contributed by atoms with Gasteiger partial charge in [-0.25, -0.2) is 4.98 Å². The lowest BCUT2D eigenvalue weighted by Gasteiger charge is -2.18. The Morgan fingerprint density at radius 3 is 2.34 bits per heavy atom. The average Bonchev–Trinajstić information content (AvgIpc) is 3.52. The lowest BCUT2D eigenvalue weighted by atomic mass is 10.1. The Hall–Kier alpha value is -2.03. The predicted molar refractivity (Wildman–Crippen MR) is 177 cm³/mol. The van der Waals surface area contributed by atoms with E-state index in [1.807, 2.05) is 0 Å². The van der Waals surface area contributed by atoms with Crippen molar-refractivity contribution in [2.45, 2.75) is 109 Å². The molecule has 1 aliphatic rings. The van der Waals surface area contributed by atoms with Crippen molar-refractivity contribution in [1.82, 2.24) is 19.5 Å². The fraction of sp³-hybridized carbons (Fsp3) is 0.655. The number of aliphatic hydroxyl groups is 2. The van der Waals surface area contributed by atoms with Crippen molar-refractivity contribution in [1.29, 1.82) is 0 Å². The topological polar surface area (TPSA) is 226 Å². The summed E-state index contributed by atoms with van der Waals surface area (Å²) in [4.78, 5) is 52.7. The number of aromatic nitrogens is 4. The number of hydrogen-bond acceptors (Lipinski definition) is 10. The largest absolute Gasteiger partial charge is 0.387 e. The summed E-state index contributed by atoms with van der Waals surface area (Å²) < 4.78 is 34.7. The van der Waals surface area contributed by atoms with Gasteiger partial charge in [0.1, 0.15) is 18.3 Å². The lowest BCUT2D eigenvalue weighted by Crippen LogP contribution is -2.33. The van der Waals surface area contributed by atoms with Gasteiger partial charge in [-0.05, 0) is 50.1 Å². The number of nitrogens with one attached hydrogen (secondary N) is 1. The number of imidazole rings is 1. The van der Waals surface area contributed by atoms with E-state index in [1.54, 1.807) is 0 Å². The number of allylic oxidation sites excluding steroid dienone is 4. The fourth-order valence-corrected chi connectivity index (χ4v) is 7.75. The van der Waals surface area contributed by atoms with Crippen LogP contribution in [0.25, 0.3) is 11.2 Å². The molecule has 2 unspecified atom stereocenters. The molecular weight excluding hydrogens is 676 g/mol. The highest BCUT2D eigenvalue weighted by molar-refractivity contribution is 7.70. The standard InChI is InChI=1S/C29H46ClN5O10P2/c1-2-3-4-5-6-7-8-9-10-11-12-13-14-15-16-17-22(36)32-26-23-27(34-29(30)33-26)35(19-31-23)28-25(38)24(37)21(45-28)18-44-47(42,43)20-46(39,40)41/h6-7,9-10,19,21,24-25,28,37-38H,2-5,8,11-18,20H2,1H3,(H,42,43)(H2,39,40,41)(H,32,33,34,36)/b7-6-,10-9-/t21-,24+,25?,28-/m1/s1. The minimum absolute atomic E-state index is 0.0536. The first kappa shape index (κ1) is 39.4. The van der Waals surface area contributed by atoms with E-state index in [2.05, 4.69) is 51.5 Å². The number of amides is 1. The van der Waals surface area contributed by atoms with Crippen molar-refractivity contribution in [2.24, 2.45) is 0 Å². The Labute approximate surface area is 279 Å². The van der Waals surface area contributed by atoms with Crippen LogP contribution in [-0.4, -0.2) is 81.1 Å². The van der Waals surface area contributed by atoms with Gasteiger partial charge in [-0.1, -0.05) is 63.3 Å². The summed E-state index contributed by atoms with van der Waals surface area (Å²) in [7, 11) is -9.58. The first-order valence-corrected chi connectivity index (χ1v) is 19.8. The van der Waals surface area contributed by atoms with Crippen LogP contribution in [-0.2, 0) is 23.2 Å². The van der Waals surface area contributed by atoms with E-state index < -0.39 is 52.2 Å². The van der Waals surface area contributed by atoms with Gasteiger partial charge in [-0.2, -0.15) is 9.97 Å². The molecule has 0 spiro atoms. The zero-order valence-electron chi connectivity index (χ0n) is 26.4. The van der Waals surface area contributed by atoms with Gasteiger partial charge in [0, 0.05) is 6.42 Å². The first-order chi connectivity index (χ1) is 22.3. The highest BCUT2D eigenvalue weighted by Gasteiger charge is 2.45. The Kier molecular flexibility index (Phi) is 16.1. The molecule has 2 aromatic heterocycles. The Bertz CT molecular complexity index is 1450. The van der Waals surface area contributed by atoms with Crippen LogP contribution in [0.2, 0.25) is 5.28 Å².